The first-order valence-electron chi connectivity index (χ1n) is 11.3. The predicted molar refractivity (Wildman–Crippen MR) is 129 cm³/mol. The fourth-order valence-corrected chi connectivity index (χ4v) is 4.77. The summed E-state index contributed by atoms with van der Waals surface area (Å²) in [5, 5.41) is 7.25. The maximum absolute atomic E-state index is 13.6. The highest BCUT2D eigenvalue weighted by Gasteiger charge is 2.36. The average Bonchev–Trinajstić information content (AvgIpc) is 2.97. The molecule has 3 aromatic rings. The highest BCUT2D eigenvalue weighted by molar-refractivity contribution is 6.01. The molecule has 0 aromatic heterocycles. The van der Waals surface area contributed by atoms with E-state index in [0.717, 1.165) is 40.4 Å². The van der Waals surface area contributed by atoms with E-state index in [9.17, 15) is 4.79 Å². The number of hydrogen-bond acceptors (Lipinski definition) is 4. The van der Waals surface area contributed by atoms with Crippen molar-refractivity contribution >= 4 is 17.2 Å². The Kier molecular flexibility index (Phi) is 5.44. The topological polar surface area (TPSA) is 50.4 Å². The quantitative estimate of drug-likeness (QED) is 0.511. The maximum Gasteiger partial charge on any atom is 0.163 e. The summed E-state index contributed by atoms with van der Waals surface area (Å²) in [5.41, 5.74) is 7.32. The lowest BCUT2D eigenvalue weighted by atomic mass is 9.78. The zero-order valence-corrected chi connectivity index (χ0v) is 18.5. The molecule has 3 aromatic carbocycles. The van der Waals surface area contributed by atoms with E-state index in [4.69, 9.17) is 4.74 Å². The highest BCUT2D eigenvalue weighted by atomic mass is 16.5. The van der Waals surface area contributed by atoms with Gasteiger partial charge < -0.3 is 15.4 Å². The number of ketones is 1. The van der Waals surface area contributed by atoms with E-state index < -0.39 is 0 Å². The van der Waals surface area contributed by atoms with E-state index in [-0.39, 0.29) is 17.7 Å². The Hall–Kier alpha value is -3.53. The van der Waals surface area contributed by atoms with Gasteiger partial charge in [-0.25, -0.2) is 0 Å². The van der Waals surface area contributed by atoms with E-state index in [0.29, 0.717) is 13.0 Å². The second kappa shape index (κ2) is 8.54. The second-order valence-corrected chi connectivity index (χ2v) is 8.58. The van der Waals surface area contributed by atoms with Gasteiger partial charge in [0.1, 0.15) is 5.75 Å². The van der Waals surface area contributed by atoms with Crippen LogP contribution in [-0.2, 0) is 4.79 Å². The van der Waals surface area contributed by atoms with Gasteiger partial charge in [-0.1, -0.05) is 54.1 Å². The van der Waals surface area contributed by atoms with Crippen molar-refractivity contribution in [3.8, 4) is 5.75 Å². The molecule has 2 atom stereocenters. The van der Waals surface area contributed by atoms with E-state index in [1.54, 1.807) is 0 Å². The predicted octanol–water partition coefficient (Wildman–Crippen LogP) is 6.37. The van der Waals surface area contributed by atoms with Gasteiger partial charge in [-0.2, -0.15) is 0 Å². The Balaban J connectivity index is 1.59. The number of aryl methyl sites for hydroxylation is 1. The fraction of sp³-hybridized carbons (Fsp3) is 0.250. The summed E-state index contributed by atoms with van der Waals surface area (Å²) in [6.07, 6.45) is 1.32. The summed E-state index contributed by atoms with van der Waals surface area (Å²) in [5.74, 6) is 1.19. The van der Waals surface area contributed by atoms with Crippen LogP contribution in [0, 0.1) is 6.92 Å². The molecule has 1 aliphatic carbocycles. The van der Waals surface area contributed by atoms with Crippen LogP contribution < -0.4 is 15.4 Å². The van der Waals surface area contributed by atoms with Crippen molar-refractivity contribution in [2.45, 2.75) is 38.6 Å². The van der Waals surface area contributed by atoms with Gasteiger partial charge in [-0.3, -0.25) is 4.79 Å². The third kappa shape index (κ3) is 3.89. The third-order valence-electron chi connectivity index (χ3n) is 6.36. The van der Waals surface area contributed by atoms with Gasteiger partial charge in [-0.05, 0) is 61.6 Å². The Morgan fingerprint density at radius 3 is 2.47 bits per heavy atom. The van der Waals surface area contributed by atoms with Crippen LogP contribution in [0.2, 0.25) is 0 Å². The van der Waals surface area contributed by atoms with E-state index in [2.05, 4.69) is 60.0 Å². The lowest BCUT2D eigenvalue weighted by molar-refractivity contribution is -0.116. The summed E-state index contributed by atoms with van der Waals surface area (Å²) >= 11 is 0. The van der Waals surface area contributed by atoms with Crippen LogP contribution in [0.25, 0.3) is 0 Å². The van der Waals surface area contributed by atoms with Crippen molar-refractivity contribution in [2.24, 2.45) is 0 Å². The molecule has 2 N–H and O–H groups in total. The maximum atomic E-state index is 13.6. The molecule has 162 valence electrons. The summed E-state index contributed by atoms with van der Waals surface area (Å²) in [6, 6.07) is 24.6. The summed E-state index contributed by atoms with van der Waals surface area (Å²) in [4.78, 5) is 13.6. The number of allylic oxidation sites excluding steroid dienone is 1. The minimum absolute atomic E-state index is 0.176. The largest absolute Gasteiger partial charge is 0.494 e. The summed E-state index contributed by atoms with van der Waals surface area (Å²) in [7, 11) is 0. The van der Waals surface area contributed by atoms with Gasteiger partial charge in [0.2, 0.25) is 0 Å². The van der Waals surface area contributed by atoms with Gasteiger partial charge >= 0.3 is 0 Å². The van der Waals surface area contributed by atoms with Gasteiger partial charge in [0.15, 0.2) is 5.78 Å². The Morgan fingerprint density at radius 1 is 0.906 bits per heavy atom. The van der Waals surface area contributed by atoms with E-state index in [1.807, 2.05) is 37.3 Å². The first-order chi connectivity index (χ1) is 15.6. The van der Waals surface area contributed by atoms with Crippen LogP contribution >= 0.6 is 0 Å². The number of para-hydroxylation sites is 2. The van der Waals surface area contributed by atoms with Gasteiger partial charge in [0, 0.05) is 17.7 Å². The first kappa shape index (κ1) is 20.4. The molecule has 0 spiro atoms. The number of hydrogen-bond donors (Lipinski definition) is 2. The molecule has 0 fully saturated rings. The summed E-state index contributed by atoms with van der Waals surface area (Å²) < 4.78 is 5.74. The minimum Gasteiger partial charge on any atom is -0.494 e. The number of anilines is 2. The van der Waals surface area contributed by atoms with Crippen molar-refractivity contribution < 1.29 is 9.53 Å². The van der Waals surface area contributed by atoms with E-state index >= 15 is 0 Å². The van der Waals surface area contributed by atoms with Crippen LogP contribution in [0.15, 0.2) is 84.1 Å². The Bertz CT molecular complexity index is 1180. The van der Waals surface area contributed by atoms with Crippen molar-refractivity contribution in [1.29, 1.82) is 0 Å². The minimum atomic E-state index is -0.229. The number of carbonyl (C=O) groups excluding carboxylic acids is 1. The van der Waals surface area contributed by atoms with Gasteiger partial charge in [0.05, 0.1) is 24.0 Å². The molecule has 5 rings (SSSR count). The number of rotatable bonds is 4. The smallest absolute Gasteiger partial charge is 0.163 e. The van der Waals surface area contributed by atoms with Crippen molar-refractivity contribution in [3.05, 3.63) is 101 Å². The highest BCUT2D eigenvalue weighted by Crippen LogP contribution is 2.44. The molecule has 2 aliphatic rings. The van der Waals surface area contributed by atoms with Crippen molar-refractivity contribution in [2.75, 3.05) is 17.2 Å². The molecule has 1 aliphatic heterocycles. The molecule has 32 heavy (non-hydrogen) atoms. The molecule has 0 bridgehead atoms. The number of fused-ring (bicyclic) bond motifs is 1. The van der Waals surface area contributed by atoms with Crippen LogP contribution in [0.5, 0.6) is 5.75 Å². The Labute approximate surface area is 189 Å². The third-order valence-corrected chi connectivity index (χ3v) is 6.36. The van der Waals surface area contributed by atoms with E-state index in [1.165, 1.54) is 11.1 Å². The molecule has 4 nitrogen and oxygen atoms in total. The van der Waals surface area contributed by atoms with Crippen LogP contribution in [0.1, 0.15) is 48.4 Å². The number of ether oxygens (including phenoxy) is 1. The number of Topliss-reactive ketones (excluding diaryl/α,β-unsaturated/α-hetero) is 1. The van der Waals surface area contributed by atoms with Crippen LogP contribution in [-0.4, -0.2) is 12.4 Å². The fourth-order valence-electron chi connectivity index (χ4n) is 4.77. The molecule has 0 radical (unpaired) electrons. The number of carbonyl (C=O) groups is 1. The zero-order chi connectivity index (χ0) is 22.1. The lowest BCUT2D eigenvalue weighted by Gasteiger charge is -2.30. The molecule has 0 saturated heterocycles. The molecule has 1 heterocycles. The molecular weight excluding hydrogens is 396 g/mol. The van der Waals surface area contributed by atoms with Gasteiger partial charge in [0.25, 0.3) is 0 Å². The Morgan fingerprint density at radius 2 is 1.69 bits per heavy atom. The monoisotopic (exact) mass is 424 g/mol. The van der Waals surface area contributed by atoms with Crippen LogP contribution in [0.4, 0.5) is 11.4 Å². The molecular formula is C28H28N2O2. The van der Waals surface area contributed by atoms with Crippen molar-refractivity contribution in [1.82, 2.24) is 0 Å². The normalized spacial score (nSPS) is 19.9. The first-order valence-corrected chi connectivity index (χ1v) is 11.3. The zero-order valence-electron chi connectivity index (χ0n) is 18.5. The number of nitrogens with one attached hydrogen (secondary N) is 2. The van der Waals surface area contributed by atoms with Crippen LogP contribution in [0.3, 0.4) is 0 Å². The molecule has 4 heteroatoms. The van der Waals surface area contributed by atoms with Gasteiger partial charge in [-0.15, -0.1) is 0 Å². The van der Waals surface area contributed by atoms with Crippen molar-refractivity contribution in [3.63, 3.8) is 0 Å². The SMILES string of the molecule is CCOc1cccc([C@H]2Nc3ccccc3NC3=C2C(=O)C[C@H](c2ccc(C)cc2)C3)c1. The second-order valence-electron chi connectivity index (χ2n) is 8.58. The molecule has 0 unspecified atom stereocenters. The molecule has 0 amide bonds. The standard InChI is InChI=1S/C28H28N2O2/c1-3-32-22-8-6-7-20(15-22)28-27-25(29-23-9-4-5-10-24(23)30-28)16-21(17-26(27)31)19-13-11-18(2)12-14-19/h4-15,21,28-30H,3,16-17H2,1-2H3/t21-,28-/m1/s1. The number of benzene rings is 3. The lowest BCUT2D eigenvalue weighted by Crippen LogP contribution is -2.26. The molecule has 0 saturated carbocycles. The average molecular weight is 425 g/mol. The summed E-state index contributed by atoms with van der Waals surface area (Å²) in [6.45, 7) is 4.68.